The van der Waals surface area contributed by atoms with E-state index >= 15 is 0 Å². The maximum absolute atomic E-state index is 12.6. The molecule has 1 aromatic heterocycles. The van der Waals surface area contributed by atoms with Crippen LogP contribution in [0.5, 0.6) is 0 Å². The van der Waals surface area contributed by atoms with Gasteiger partial charge in [0.1, 0.15) is 5.15 Å². The highest BCUT2D eigenvalue weighted by atomic mass is 35.5. The number of morpholine rings is 1. The van der Waals surface area contributed by atoms with Crippen molar-refractivity contribution < 1.29 is 9.53 Å². The van der Waals surface area contributed by atoms with Crippen molar-refractivity contribution >= 4 is 17.5 Å². The van der Waals surface area contributed by atoms with E-state index in [1.165, 1.54) is 12.8 Å². The smallest absolute Gasteiger partial charge is 0.254 e. The van der Waals surface area contributed by atoms with E-state index in [9.17, 15) is 4.79 Å². The number of carbonyl (C=O) groups is 1. The Balaban J connectivity index is 1.82. The number of hydrogen-bond acceptors (Lipinski definition) is 3. The Kier molecular flexibility index (Phi) is 3.71. The summed E-state index contributed by atoms with van der Waals surface area (Å²) in [5.41, 5.74) is 0.617. The predicted molar refractivity (Wildman–Crippen MR) is 72.3 cm³/mol. The lowest BCUT2D eigenvalue weighted by Gasteiger charge is -2.43. The standard InChI is InChI=1S/C14H17ClN2O2/c15-13-9-10(5-6-16-13)14(18)17-7-8-19-12-4-2-1-3-11(12)17/h5-6,9,11-12H,1-4,7-8H2. The number of pyridine rings is 1. The number of amides is 1. The zero-order valence-corrected chi connectivity index (χ0v) is 11.5. The minimum Gasteiger partial charge on any atom is -0.374 e. The molecule has 2 unspecified atom stereocenters. The molecule has 1 amide bonds. The zero-order chi connectivity index (χ0) is 13.2. The molecule has 2 heterocycles. The number of fused-ring (bicyclic) bond motifs is 1. The van der Waals surface area contributed by atoms with Crippen molar-refractivity contribution in [3.05, 3.63) is 29.0 Å². The Morgan fingerprint density at radius 3 is 3.11 bits per heavy atom. The monoisotopic (exact) mass is 280 g/mol. The van der Waals surface area contributed by atoms with Gasteiger partial charge >= 0.3 is 0 Å². The molecule has 2 fully saturated rings. The normalized spacial score (nSPS) is 26.9. The van der Waals surface area contributed by atoms with Gasteiger partial charge in [-0.25, -0.2) is 4.98 Å². The Morgan fingerprint density at radius 2 is 2.26 bits per heavy atom. The van der Waals surface area contributed by atoms with Crippen LogP contribution in [-0.4, -0.2) is 41.1 Å². The number of carbonyl (C=O) groups excluding carboxylic acids is 1. The molecule has 2 atom stereocenters. The lowest BCUT2D eigenvalue weighted by atomic mass is 9.90. The largest absolute Gasteiger partial charge is 0.374 e. The van der Waals surface area contributed by atoms with Crippen LogP contribution in [0.4, 0.5) is 0 Å². The van der Waals surface area contributed by atoms with Crippen molar-refractivity contribution in [1.29, 1.82) is 0 Å². The van der Waals surface area contributed by atoms with Crippen molar-refractivity contribution in [2.45, 2.75) is 37.8 Å². The third-order valence-electron chi connectivity index (χ3n) is 3.97. The van der Waals surface area contributed by atoms with Crippen molar-refractivity contribution in [1.82, 2.24) is 9.88 Å². The molecule has 3 rings (SSSR count). The lowest BCUT2D eigenvalue weighted by Crippen LogP contribution is -2.54. The summed E-state index contributed by atoms with van der Waals surface area (Å²) in [6, 6.07) is 3.58. The molecule has 0 bridgehead atoms. The maximum atomic E-state index is 12.6. The molecule has 1 aliphatic carbocycles. The Bertz CT molecular complexity index is 478. The lowest BCUT2D eigenvalue weighted by molar-refractivity contribution is -0.0752. The van der Waals surface area contributed by atoms with E-state index < -0.39 is 0 Å². The molecular formula is C14H17ClN2O2. The average Bonchev–Trinajstić information content (AvgIpc) is 2.46. The first-order chi connectivity index (χ1) is 9.25. The Labute approximate surface area is 117 Å². The summed E-state index contributed by atoms with van der Waals surface area (Å²) in [7, 11) is 0. The second kappa shape index (κ2) is 5.47. The van der Waals surface area contributed by atoms with Gasteiger partial charge in [0.2, 0.25) is 0 Å². The first kappa shape index (κ1) is 12.9. The van der Waals surface area contributed by atoms with Gasteiger partial charge in [0, 0.05) is 18.3 Å². The molecule has 1 saturated heterocycles. The second-order valence-electron chi connectivity index (χ2n) is 5.13. The quantitative estimate of drug-likeness (QED) is 0.743. The number of rotatable bonds is 1. The van der Waals surface area contributed by atoms with Crippen LogP contribution in [0.1, 0.15) is 36.0 Å². The number of nitrogens with zero attached hydrogens (tertiary/aromatic N) is 2. The average molecular weight is 281 g/mol. The highest BCUT2D eigenvalue weighted by Gasteiger charge is 2.36. The first-order valence-electron chi connectivity index (χ1n) is 6.80. The minimum atomic E-state index is 0.0458. The summed E-state index contributed by atoms with van der Waals surface area (Å²) in [4.78, 5) is 18.5. The second-order valence-corrected chi connectivity index (χ2v) is 5.51. The molecule has 0 aromatic carbocycles. The van der Waals surface area contributed by atoms with Crippen molar-refractivity contribution in [2.75, 3.05) is 13.2 Å². The van der Waals surface area contributed by atoms with Crippen molar-refractivity contribution in [2.24, 2.45) is 0 Å². The molecule has 1 aromatic rings. The summed E-state index contributed by atoms with van der Waals surface area (Å²) >= 11 is 5.86. The van der Waals surface area contributed by atoms with E-state index in [0.29, 0.717) is 23.9 Å². The van der Waals surface area contributed by atoms with E-state index in [1.54, 1.807) is 18.3 Å². The van der Waals surface area contributed by atoms with Gasteiger partial charge in [-0.15, -0.1) is 0 Å². The van der Waals surface area contributed by atoms with Gasteiger partial charge < -0.3 is 9.64 Å². The minimum absolute atomic E-state index is 0.0458. The molecule has 4 nitrogen and oxygen atoms in total. The van der Waals surface area contributed by atoms with Gasteiger partial charge in [0.25, 0.3) is 5.91 Å². The molecule has 0 spiro atoms. The molecular weight excluding hydrogens is 264 g/mol. The Morgan fingerprint density at radius 1 is 1.42 bits per heavy atom. The van der Waals surface area contributed by atoms with Gasteiger partial charge in [-0.1, -0.05) is 24.4 Å². The van der Waals surface area contributed by atoms with Crippen LogP contribution < -0.4 is 0 Å². The van der Waals surface area contributed by atoms with E-state index in [-0.39, 0.29) is 18.1 Å². The highest BCUT2D eigenvalue weighted by Crippen LogP contribution is 2.29. The molecule has 5 heteroatoms. The molecule has 0 N–H and O–H groups in total. The number of halogens is 1. The summed E-state index contributed by atoms with van der Waals surface area (Å²) < 4.78 is 5.79. The van der Waals surface area contributed by atoms with Gasteiger partial charge in [-0.3, -0.25) is 4.79 Å². The molecule has 1 saturated carbocycles. The number of aromatic nitrogens is 1. The third-order valence-corrected chi connectivity index (χ3v) is 4.17. The topological polar surface area (TPSA) is 42.4 Å². The zero-order valence-electron chi connectivity index (χ0n) is 10.7. The molecule has 102 valence electrons. The van der Waals surface area contributed by atoms with Crippen LogP contribution in [0.25, 0.3) is 0 Å². The highest BCUT2D eigenvalue weighted by molar-refractivity contribution is 6.29. The molecule has 19 heavy (non-hydrogen) atoms. The van der Waals surface area contributed by atoms with Gasteiger partial charge in [-0.2, -0.15) is 0 Å². The fraction of sp³-hybridized carbons (Fsp3) is 0.571. The SMILES string of the molecule is O=C(c1ccnc(Cl)c1)N1CCOC2CCCCC21. The van der Waals surface area contributed by atoms with Crippen LogP contribution in [0.2, 0.25) is 5.15 Å². The van der Waals surface area contributed by atoms with Crippen molar-refractivity contribution in [3.63, 3.8) is 0 Å². The molecule has 0 radical (unpaired) electrons. The number of ether oxygens (including phenoxy) is 1. The van der Waals surface area contributed by atoms with Crippen LogP contribution in [-0.2, 0) is 4.74 Å². The maximum Gasteiger partial charge on any atom is 0.254 e. The van der Waals surface area contributed by atoms with E-state index in [2.05, 4.69) is 4.98 Å². The molecule has 2 aliphatic rings. The predicted octanol–water partition coefficient (Wildman–Crippen LogP) is 2.52. The number of hydrogen-bond donors (Lipinski definition) is 0. The summed E-state index contributed by atoms with van der Waals surface area (Å²) in [6.45, 7) is 1.30. The third kappa shape index (κ3) is 2.60. The van der Waals surface area contributed by atoms with Crippen LogP contribution in [0.15, 0.2) is 18.3 Å². The van der Waals surface area contributed by atoms with E-state index in [0.717, 1.165) is 12.8 Å². The summed E-state index contributed by atoms with van der Waals surface area (Å²) in [5, 5.41) is 0.360. The van der Waals surface area contributed by atoms with E-state index in [1.807, 2.05) is 4.90 Å². The molecule has 1 aliphatic heterocycles. The van der Waals surface area contributed by atoms with Crippen molar-refractivity contribution in [3.8, 4) is 0 Å². The summed E-state index contributed by atoms with van der Waals surface area (Å²) in [5.74, 6) is 0.0458. The van der Waals surface area contributed by atoms with Crippen LogP contribution >= 0.6 is 11.6 Å². The first-order valence-corrected chi connectivity index (χ1v) is 7.17. The van der Waals surface area contributed by atoms with E-state index in [4.69, 9.17) is 16.3 Å². The van der Waals surface area contributed by atoms with Gasteiger partial charge in [0.05, 0.1) is 18.8 Å². The fourth-order valence-electron chi connectivity index (χ4n) is 3.05. The summed E-state index contributed by atoms with van der Waals surface area (Å²) in [6.07, 6.45) is 6.26. The van der Waals surface area contributed by atoms with Gasteiger partial charge in [-0.05, 0) is 25.0 Å². The van der Waals surface area contributed by atoms with Crippen LogP contribution in [0.3, 0.4) is 0 Å². The fourth-order valence-corrected chi connectivity index (χ4v) is 3.22. The van der Waals surface area contributed by atoms with Gasteiger partial charge in [0.15, 0.2) is 0 Å². The Hall–Kier alpha value is -1.13. The van der Waals surface area contributed by atoms with Crippen LogP contribution in [0, 0.1) is 0 Å².